The first-order chi connectivity index (χ1) is 18.7. The van der Waals surface area contributed by atoms with E-state index in [-0.39, 0.29) is 29.3 Å². The summed E-state index contributed by atoms with van der Waals surface area (Å²) in [5.74, 6) is -3.06. The van der Waals surface area contributed by atoms with E-state index < -0.39 is 41.8 Å². The smallest absolute Gasteiger partial charge is 0.320 e. The number of nitrogens with one attached hydrogen (secondary N) is 1. The van der Waals surface area contributed by atoms with E-state index in [9.17, 15) is 26.7 Å². The molecule has 2 fully saturated rings. The largest absolute Gasteiger partial charge is 0.416 e. The van der Waals surface area contributed by atoms with E-state index >= 15 is 0 Å². The van der Waals surface area contributed by atoms with Gasteiger partial charge in [0.15, 0.2) is 0 Å². The molecule has 2 aromatic carbocycles. The molecule has 1 aliphatic heterocycles. The number of rotatable bonds is 6. The highest BCUT2D eigenvalue weighted by Gasteiger charge is 2.60. The van der Waals surface area contributed by atoms with Crippen LogP contribution in [0, 0.1) is 0 Å². The van der Waals surface area contributed by atoms with Crippen LogP contribution < -0.4 is 10.2 Å². The Labute approximate surface area is 228 Å². The van der Waals surface area contributed by atoms with Gasteiger partial charge >= 0.3 is 6.18 Å². The fourth-order valence-corrected chi connectivity index (χ4v) is 6.61. The Morgan fingerprint density at radius 1 is 1.10 bits per heavy atom. The van der Waals surface area contributed by atoms with E-state index in [4.69, 9.17) is 0 Å². The van der Waals surface area contributed by atoms with E-state index in [0.29, 0.717) is 22.6 Å². The predicted octanol–water partition coefficient (Wildman–Crippen LogP) is 6.30. The van der Waals surface area contributed by atoms with Crippen LogP contribution in [-0.2, 0) is 25.2 Å². The molecule has 3 aliphatic rings. The molecular weight excluding hydrogens is 529 g/mol. The lowest BCUT2D eigenvalue weighted by atomic mass is 9.61. The van der Waals surface area contributed by atoms with Crippen molar-refractivity contribution in [2.45, 2.75) is 81.6 Å². The maximum absolute atomic E-state index is 14.3. The summed E-state index contributed by atoms with van der Waals surface area (Å²) < 4.78 is 72.9. The third kappa shape index (κ3) is 4.29. The summed E-state index contributed by atoms with van der Waals surface area (Å²) in [4.78, 5) is 14.9. The second-order valence-corrected chi connectivity index (χ2v) is 11.9. The number of aromatic nitrogens is 3. The van der Waals surface area contributed by atoms with Gasteiger partial charge in [0.05, 0.1) is 17.5 Å². The third-order valence-corrected chi connectivity index (χ3v) is 8.86. The Hall–Kier alpha value is -3.34. The van der Waals surface area contributed by atoms with Gasteiger partial charge in [0.25, 0.3) is 11.8 Å². The summed E-state index contributed by atoms with van der Waals surface area (Å²) in [5.41, 5.74) is -0.881. The summed E-state index contributed by atoms with van der Waals surface area (Å²) in [6, 6.07) is 8.88. The Balaban J connectivity index is 1.37. The van der Waals surface area contributed by atoms with E-state index in [1.807, 2.05) is 6.92 Å². The van der Waals surface area contributed by atoms with Gasteiger partial charge in [-0.25, -0.2) is 8.78 Å². The van der Waals surface area contributed by atoms with Crippen LogP contribution >= 0.6 is 0 Å². The Kier molecular flexibility index (Phi) is 5.93. The van der Waals surface area contributed by atoms with Crippen LogP contribution in [0.2, 0.25) is 0 Å². The summed E-state index contributed by atoms with van der Waals surface area (Å²) in [7, 11) is 1.68. The number of aryl methyl sites for hydroxylation is 1. The number of benzene rings is 2. The number of carbonyl (C=O) groups excluding carboxylic acids is 1. The molecule has 1 atom stereocenters. The number of anilines is 1. The first-order valence-corrected chi connectivity index (χ1v) is 13.4. The molecule has 0 saturated heterocycles. The standard InChI is InChI=1S/C29H30F5N5O/c1-17(36-26(2)8-5-9-26)18-10-21-22(23(11-18)29(32,33)34)13-39(24(21)40)20-7-4-6-19(12-20)27(14-28(30,31)15-27)25-37-35-16-38(25)3/h4,6-7,10-12,16-17,36H,5,8-9,13-15H2,1-3H3. The maximum atomic E-state index is 14.3. The van der Waals surface area contributed by atoms with Gasteiger partial charge < -0.3 is 14.8 Å². The summed E-state index contributed by atoms with van der Waals surface area (Å²) >= 11 is 0. The van der Waals surface area contributed by atoms with Crippen molar-refractivity contribution in [2.75, 3.05) is 4.90 Å². The highest BCUT2D eigenvalue weighted by atomic mass is 19.4. The number of amides is 1. The Morgan fingerprint density at radius 2 is 1.82 bits per heavy atom. The molecule has 0 bridgehead atoms. The molecule has 2 saturated carbocycles. The average Bonchev–Trinajstić information content (AvgIpc) is 3.43. The lowest BCUT2D eigenvalue weighted by Gasteiger charge is -2.46. The molecule has 1 aromatic heterocycles. The quantitative estimate of drug-likeness (QED) is 0.360. The molecule has 0 spiro atoms. The van der Waals surface area contributed by atoms with Crippen LogP contribution in [0.5, 0.6) is 0 Å². The van der Waals surface area contributed by atoms with Crippen molar-refractivity contribution in [3.05, 3.63) is 76.4 Å². The molecule has 11 heteroatoms. The van der Waals surface area contributed by atoms with Gasteiger partial charge in [0.1, 0.15) is 12.2 Å². The van der Waals surface area contributed by atoms with Crippen LogP contribution in [0.3, 0.4) is 0 Å². The molecule has 6 rings (SSSR count). The fraction of sp³-hybridized carbons (Fsp3) is 0.483. The van der Waals surface area contributed by atoms with Crippen LogP contribution in [0.15, 0.2) is 42.7 Å². The molecule has 212 valence electrons. The van der Waals surface area contributed by atoms with Gasteiger partial charge in [-0.3, -0.25) is 4.79 Å². The molecule has 1 N–H and O–H groups in total. The molecule has 1 unspecified atom stereocenters. The molecular formula is C29H30F5N5O. The zero-order valence-corrected chi connectivity index (χ0v) is 22.4. The monoisotopic (exact) mass is 559 g/mol. The highest BCUT2D eigenvalue weighted by molar-refractivity contribution is 6.10. The maximum Gasteiger partial charge on any atom is 0.416 e. The van der Waals surface area contributed by atoms with E-state index in [2.05, 4.69) is 22.4 Å². The molecule has 3 aromatic rings. The van der Waals surface area contributed by atoms with Crippen molar-refractivity contribution < 1.29 is 26.7 Å². The Bertz CT molecular complexity index is 1480. The molecule has 40 heavy (non-hydrogen) atoms. The first kappa shape index (κ1) is 26.9. The average molecular weight is 560 g/mol. The summed E-state index contributed by atoms with van der Waals surface area (Å²) in [6.45, 7) is 3.60. The second kappa shape index (κ2) is 8.83. The van der Waals surface area contributed by atoms with Crippen molar-refractivity contribution in [2.24, 2.45) is 7.05 Å². The minimum Gasteiger partial charge on any atom is -0.320 e. The van der Waals surface area contributed by atoms with Gasteiger partial charge in [-0.15, -0.1) is 10.2 Å². The number of hydrogen-bond donors (Lipinski definition) is 1. The zero-order chi connectivity index (χ0) is 28.7. The lowest BCUT2D eigenvalue weighted by Crippen LogP contribution is -2.51. The van der Waals surface area contributed by atoms with Gasteiger partial charge in [0.2, 0.25) is 0 Å². The highest BCUT2D eigenvalue weighted by Crippen LogP contribution is 2.57. The second-order valence-electron chi connectivity index (χ2n) is 11.9. The number of hydrogen-bond acceptors (Lipinski definition) is 4. The normalized spacial score (nSPS) is 21.5. The third-order valence-electron chi connectivity index (χ3n) is 8.86. The predicted molar refractivity (Wildman–Crippen MR) is 138 cm³/mol. The van der Waals surface area contributed by atoms with Crippen LogP contribution in [0.25, 0.3) is 0 Å². The number of halogens is 5. The summed E-state index contributed by atoms with van der Waals surface area (Å²) in [6.07, 6.45) is -1.21. The van der Waals surface area contributed by atoms with Crippen molar-refractivity contribution in [3.8, 4) is 0 Å². The molecule has 2 aliphatic carbocycles. The van der Waals surface area contributed by atoms with E-state index in [1.54, 1.807) is 41.9 Å². The molecule has 1 amide bonds. The van der Waals surface area contributed by atoms with E-state index in [0.717, 1.165) is 25.3 Å². The number of carbonyl (C=O) groups is 1. The minimum atomic E-state index is -4.65. The van der Waals surface area contributed by atoms with Gasteiger partial charge in [-0.05, 0) is 74.1 Å². The number of fused-ring (bicyclic) bond motifs is 1. The topological polar surface area (TPSA) is 63.0 Å². The van der Waals surface area contributed by atoms with Crippen molar-refractivity contribution >= 4 is 11.6 Å². The lowest BCUT2D eigenvalue weighted by molar-refractivity contribution is -0.138. The van der Waals surface area contributed by atoms with Gasteiger partial charge in [0, 0.05) is 42.7 Å². The van der Waals surface area contributed by atoms with Crippen LogP contribution in [0.1, 0.15) is 90.4 Å². The first-order valence-electron chi connectivity index (χ1n) is 13.4. The van der Waals surface area contributed by atoms with Gasteiger partial charge in [-0.2, -0.15) is 13.2 Å². The van der Waals surface area contributed by atoms with Gasteiger partial charge in [-0.1, -0.05) is 12.1 Å². The van der Waals surface area contributed by atoms with E-state index in [1.165, 1.54) is 11.2 Å². The number of nitrogens with zero attached hydrogens (tertiary/aromatic N) is 4. The van der Waals surface area contributed by atoms with Crippen LogP contribution in [-0.4, -0.2) is 32.1 Å². The van der Waals surface area contributed by atoms with Crippen molar-refractivity contribution in [1.82, 2.24) is 20.1 Å². The molecule has 6 nitrogen and oxygen atoms in total. The minimum absolute atomic E-state index is 0.0147. The fourth-order valence-electron chi connectivity index (χ4n) is 6.61. The SMILES string of the molecule is CC(NC1(C)CCC1)c1cc2c(c(C(F)(F)F)c1)CN(c1cccc(C3(c4nncn4C)CC(F)(F)C3)c1)C2=O. The molecule has 2 heterocycles. The molecule has 0 radical (unpaired) electrons. The zero-order valence-electron chi connectivity index (χ0n) is 22.4. The van der Waals surface area contributed by atoms with Crippen molar-refractivity contribution in [3.63, 3.8) is 0 Å². The van der Waals surface area contributed by atoms with Crippen LogP contribution in [0.4, 0.5) is 27.6 Å². The van der Waals surface area contributed by atoms with Crippen molar-refractivity contribution in [1.29, 1.82) is 0 Å². The number of alkyl halides is 5. The Morgan fingerprint density at radius 3 is 2.40 bits per heavy atom. The summed E-state index contributed by atoms with van der Waals surface area (Å²) in [5, 5.41) is 11.4.